The molecule has 2 aromatic carbocycles. The number of amides is 1. The van der Waals surface area contributed by atoms with E-state index < -0.39 is 6.09 Å². The molecule has 0 saturated carbocycles. The van der Waals surface area contributed by atoms with E-state index in [-0.39, 0.29) is 24.2 Å². The molecule has 3 aromatic rings. The summed E-state index contributed by atoms with van der Waals surface area (Å²) in [4.78, 5) is 28.0. The predicted molar refractivity (Wildman–Crippen MR) is 116 cm³/mol. The number of carbonyl (C=O) groups is 2. The summed E-state index contributed by atoms with van der Waals surface area (Å²) in [6.45, 7) is 2.09. The van der Waals surface area contributed by atoms with Crippen LogP contribution in [0.2, 0.25) is 0 Å². The fourth-order valence-electron chi connectivity index (χ4n) is 4.18. The van der Waals surface area contributed by atoms with Gasteiger partial charge in [0.25, 0.3) is 0 Å². The first-order valence-corrected chi connectivity index (χ1v) is 10.6. The Hall–Kier alpha value is -2.92. The van der Waals surface area contributed by atoms with Gasteiger partial charge in [-0.05, 0) is 40.6 Å². The van der Waals surface area contributed by atoms with Crippen molar-refractivity contribution in [3.63, 3.8) is 0 Å². The normalized spacial score (nSPS) is 13.4. The molecule has 1 atom stereocenters. The average molecular weight is 406 g/mol. The Morgan fingerprint density at radius 2 is 1.62 bits per heavy atom. The van der Waals surface area contributed by atoms with Crippen LogP contribution in [0.1, 0.15) is 40.1 Å². The van der Waals surface area contributed by atoms with E-state index in [1.54, 1.807) is 18.9 Å². The lowest BCUT2D eigenvalue weighted by Crippen LogP contribution is -2.42. The number of fused-ring (bicyclic) bond motifs is 3. The molecular weight excluding hydrogens is 382 g/mol. The molecule has 0 spiro atoms. The number of hydrogen-bond acceptors (Lipinski definition) is 4. The van der Waals surface area contributed by atoms with Crippen molar-refractivity contribution < 1.29 is 14.3 Å². The number of thiophene rings is 1. The molecule has 148 valence electrons. The lowest BCUT2D eigenvalue weighted by atomic mass is 9.85. The van der Waals surface area contributed by atoms with Crippen LogP contribution in [0, 0.1) is 0 Å². The van der Waals surface area contributed by atoms with E-state index >= 15 is 0 Å². The first-order valence-electron chi connectivity index (χ1n) is 9.76. The number of nitrogens with zero attached hydrogens (tertiary/aromatic N) is 1. The van der Waals surface area contributed by atoms with Gasteiger partial charge < -0.3 is 9.64 Å². The fourth-order valence-corrected chi connectivity index (χ4v) is 4.85. The van der Waals surface area contributed by atoms with E-state index in [1.807, 2.05) is 41.8 Å². The summed E-state index contributed by atoms with van der Waals surface area (Å²) in [6, 6.07) is 19.9. The molecule has 4 rings (SSSR count). The second-order valence-electron chi connectivity index (χ2n) is 7.13. The lowest BCUT2D eigenvalue weighted by Gasteiger charge is -2.33. The number of carbonyl (C=O) groups excluding carboxylic acids is 2. The Balaban J connectivity index is 1.78. The van der Waals surface area contributed by atoms with Gasteiger partial charge in [0.1, 0.15) is 0 Å². The van der Waals surface area contributed by atoms with E-state index in [9.17, 15) is 9.59 Å². The van der Waals surface area contributed by atoms with Crippen LogP contribution in [-0.4, -0.2) is 36.5 Å². The Morgan fingerprint density at radius 3 is 2.17 bits per heavy atom. The number of rotatable bonds is 6. The highest BCUT2D eigenvalue weighted by Gasteiger charge is 2.39. The number of hydrogen-bond donors (Lipinski definition) is 0. The Bertz CT molecular complexity index is 983. The third-order valence-corrected chi connectivity index (χ3v) is 6.42. The minimum absolute atomic E-state index is 0.0445. The summed E-state index contributed by atoms with van der Waals surface area (Å²) in [6.07, 6.45) is -0.165. The van der Waals surface area contributed by atoms with E-state index in [0.717, 1.165) is 11.1 Å². The average Bonchev–Trinajstić information content (AvgIpc) is 3.38. The quantitative estimate of drug-likeness (QED) is 0.502. The first-order chi connectivity index (χ1) is 14.1. The van der Waals surface area contributed by atoms with Gasteiger partial charge in [-0.2, -0.15) is 0 Å². The zero-order valence-corrected chi connectivity index (χ0v) is 17.3. The van der Waals surface area contributed by atoms with Gasteiger partial charge in [0.05, 0.1) is 17.5 Å². The lowest BCUT2D eigenvalue weighted by molar-refractivity contribution is 0.0845. The maximum atomic E-state index is 13.0. The molecular formula is C24H23NO3S. The number of ketones is 1. The van der Waals surface area contributed by atoms with Crippen molar-refractivity contribution in [3.05, 3.63) is 82.0 Å². The van der Waals surface area contributed by atoms with Crippen molar-refractivity contribution in [2.24, 2.45) is 0 Å². The molecule has 1 unspecified atom stereocenters. The van der Waals surface area contributed by atoms with Crippen LogP contribution >= 0.6 is 11.3 Å². The fraction of sp³-hybridized carbons (Fsp3) is 0.250. The molecule has 4 nitrogen and oxygen atoms in total. The van der Waals surface area contributed by atoms with Gasteiger partial charge in [-0.3, -0.25) is 4.79 Å². The molecule has 0 N–H and O–H groups in total. The van der Waals surface area contributed by atoms with E-state index in [1.165, 1.54) is 22.5 Å². The predicted octanol–water partition coefficient (Wildman–Crippen LogP) is 5.59. The summed E-state index contributed by atoms with van der Waals surface area (Å²) < 4.78 is 5.27. The number of likely N-dealkylation sites (N-methyl/N-ethyl adjacent to an activating group) is 1. The van der Waals surface area contributed by atoms with E-state index in [0.29, 0.717) is 11.5 Å². The second-order valence-corrected chi connectivity index (χ2v) is 8.08. The topological polar surface area (TPSA) is 46.6 Å². The molecule has 0 bridgehead atoms. The summed E-state index contributed by atoms with van der Waals surface area (Å²) >= 11 is 1.43. The molecule has 1 amide bonds. The molecule has 5 heteroatoms. The van der Waals surface area contributed by atoms with Crippen LogP contribution < -0.4 is 0 Å². The van der Waals surface area contributed by atoms with Gasteiger partial charge in [-0.15, -0.1) is 11.3 Å². The van der Waals surface area contributed by atoms with Gasteiger partial charge in [0.15, 0.2) is 5.78 Å². The highest BCUT2D eigenvalue weighted by atomic mass is 32.1. The standard InChI is InChI=1S/C24H23NO3S/c1-3-28-24(27)25(2)20(15-21(26)22-13-8-14-29-22)23-18-11-6-4-9-16(18)17-10-5-7-12-19(17)23/h4-14,20,23H,3,15H2,1-2H3. The Labute approximate surface area is 174 Å². The Morgan fingerprint density at radius 1 is 1.00 bits per heavy atom. The zero-order valence-electron chi connectivity index (χ0n) is 16.5. The van der Waals surface area contributed by atoms with Crippen molar-refractivity contribution in [2.75, 3.05) is 13.7 Å². The van der Waals surface area contributed by atoms with E-state index in [4.69, 9.17) is 4.74 Å². The minimum atomic E-state index is -0.404. The van der Waals surface area contributed by atoms with Gasteiger partial charge in [-0.1, -0.05) is 54.6 Å². The number of benzene rings is 2. The molecule has 0 radical (unpaired) electrons. The summed E-state index contributed by atoms with van der Waals surface area (Å²) in [5.74, 6) is -0.0382. The highest BCUT2D eigenvalue weighted by Crippen LogP contribution is 2.48. The maximum Gasteiger partial charge on any atom is 0.409 e. The molecule has 1 aliphatic rings. The van der Waals surface area contributed by atoms with E-state index in [2.05, 4.69) is 24.3 Å². The van der Waals surface area contributed by atoms with Crippen LogP contribution in [-0.2, 0) is 4.74 Å². The minimum Gasteiger partial charge on any atom is -0.450 e. The van der Waals surface area contributed by atoms with Crippen molar-refractivity contribution in [2.45, 2.75) is 25.3 Å². The van der Waals surface area contributed by atoms with Gasteiger partial charge >= 0.3 is 6.09 Å². The van der Waals surface area contributed by atoms with Crippen LogP contribution in [0.4, 0.5) is 4.79 Å². The van der Waals surface area contributed by atoms with Gasteiger partial charge in [-0.25, -0.2) is 4.79 Å². The smallest absolute Gasteiger partial charge is 0.409 e. The molecule has 1 aromatic heterocycles. The Kier molecular flexibility index (Phi) is 5.49. The van der Waals surface area contributed by atoms with Gasteiger partial charge in [0.2, 0.25) is 0 Å². The summed E-state index contributed by atoms with van der Waals surface area (Å²) in [5, 5.41) is 1.90. The van der Waals surface area contributed by atoms with Gasteiger partial charge in [0, 0.05) is 19.4 Å². The zero-order chi connectivity index (χ0) is 20.4. The van der Waals surface area contributed by atoms with Crippen molar-refractivity contribution in [1.29, 1.82) is 0 Å². The largest absolute Gasteiger partial charge is 0.450 e. The molecule has 1 heterocycles. The van der Waals surface area contributed by atoms with Crippen molar-refractivity contribution >= 4 is 23.2 Å². The molecule has 1 aliphatic carbocycles. The maximum absolute atomic E-state index is 13.0. The monoisotopic (exact) mass is 405 g/mol. The summed E-state index contributed by atoms with van der Waals surface area (Å²) in [7, 11) is 1.73. The molecule has 0 aliphatic heterocycles. The third-order valence-electron chi connectivity index (χ3n) is 5.51. The first kappa shape index (κ1) is 19.4. The molecule has 0 saturated heterocycles. The number of ether oxygens (including phenoxy) is 1. The van der Waals surface area contributed by atoms with Crippen molar-refractivity contribution in [1.82, 2.24) is 4.90 Å². The second kappa shape index (κ2) is 8.21. The number of Topliss-reactive ketones (excluding diaryl/α,β-unsaturated/α-hetero) is 1. The van der Waals surface area contributed by atoms with Crippen molar-refractivity contribution in [3.8, 4) is 11.1 Å². The molecule has 0 fully saturated rings. The molecule has 29 heavy (non-hydrogen) atoms. The van der Waals surface area contributed by atoms with Crippen LogP contribution in [0.25, 0.3) is 11.1 Å². The highest BCUT2D eigenvalue weighted by molar-refractivity contribution is 7.12. The van der Waals surface area contributed by atoms with Crippen LogP contribution in [0.15, 0.2) is 66.0 Å². The van der Waals surface area contributed by atoms with Crippen LogP contribution in [0.3, 0.4) is 0 Å². The third kappa shape index (κ3) is 3.58. The SMILES string of the molecule is CCOC(=O)N(C)C(CC(=O)c1cccs1)C1c2ccccc2-c2ccccc21. The summed E-state index contributed by atoms with van der Waals surface area (Å²) in [5.41, 5.74) is 4.63. The van der Waals surface area contributed by atoms with Crippen LogP contribution in [0.5, 0.6) is 0 Å².